The zero-order chi connectivity index (χ0) is 15.9. The molecule has 0 saturated carbocycles. The molecule has 6 heteroatoms. The summed E-state index contributed by atoms with van der Waals surface area (Å²) in [5.41, 5.74) is 7.36. The number of amides is 1. The fourth-order valence-electron chi connectivity index (χ4n) is 2.20. The molecule has 1 aliphatic rings. The van der Waals surface area contributed by atoms with Crippen LogP contribution in [0.2, 0.25) is 0 Å². The summed E-state index contributed by atoms with van der Waals surface area (Å²) in [7, 11) is 0. The molecule has 3 N–H and O–H groups in total. The van der Waals surface area contributed by atoms with Crippen LogP contribution in [0.4, 0.5) is 16.2 Å². The Hall–Kier alpha value is -2.24. The summed E-state index contributed by atoms with van der Waals surface area (Å²) in [4.78, 5) is 18.1. The van der Waals surface area contributed by atoms with Gasteiger partial charge in [-0.3, -0.25) is 5.32 Å². The summed E-state index contributed by atoms with van der Waals surface area (Å²) in [6.45, 7) is 6.28. The molecule has 6 nitrogen and oxygen atoms in total. The van der Waals surface area contributed by atoms with Crippen molar-refractivity contribution in [2.75, 3.05) is 25.0 Å². The number of aliphatic imine (C=N–C) groups is 1. The van der Waals surface area contributed by atoms with Crippen LogP contribution in [0.5, 0.6) is 0 Å². The predicted molar refractivity (Wildman–Crippen MR) is 88.3 cm³/mol. The summed E-state index contributed by atoms with van der Waals surface area (Å²) in [6, 6.07) is 7.25. The molecule has 120 valence electrons. The standard InChI is InChI=1S/C16H24N4O2/c1-12(2)11-22-16(21)19-14-7-5-6-13(10-14)18-15(17)20-8-3-4-9-20/h5-7,10,12H,3-4,8-9,11H2,1-2H3,(H2,17,18)(H,19,21). The van der Waals surface area contributed by atoms with Crippen LogP contribution in [0.15, 0.2) is 29.3 Å². The summed E-state index contributed by atoms with van der Waals surface area (Å²) in [5, 5.41) is 2.70. The van der Waals surface area contributed by atoms with E-state index in [1.165, 1.54) is 0 Å². The van der Waals surface area contributed by atoms with Gasteiger partial charge in [-0.25, -0.2) is 9.79 Å². The molecule has 22 heavy (non-hydrogen) atoms. The van der Waals surface area contributed by atoms with Crippen molar-refractivity contribution >= 4 is 23.4 Å². The minimum Gasteiger partial charge on any atom is -0.449 e. The van der Waals surface area contributed by atoms with Crippen LogP contribution in [0.1, 0.15) is 26.7 Å². The van der Waals surface area contributed by atoms with Gasteiger partial charge in [-0.1, -0.05) is 19.9 Å². The van der Waals surface area contributed by atoms with E-state index in [0.717, 1.165) is 25.9 Å². The summed E-state index contributed by atoms with van der Waals surface area (Å²) in [6.07, 6.45) is 1.85. The number of hydrogen-bond donors (Lipinski definition) is 2. The normalized spacial score (nSPS) is 15.2. The maximum Gasteiger partial charge on any atom is 0.411 e. The van der Waals surface area contributed by atoms with Crippen LogP contribution in [-0.4, -0.2) is 36.6 Å². The topological polar surface area (TPSA) is 79.9 Å². The summed E-state index contributed by atoms with van der Waals surface area (Å²) >= 11 is 0. The van der Waals surface area contributed by atoms with Gasteiger partial charge in [0.2, 0.25) is 0 Å². The van der Waals surface area contributed by atoms with E-state index >= 15 is 0 Å². The number of nitrogens with one attached hydrogen (secondary N) is 1. The number of hydrogen-bond acceptors (Lipinski definition) is 3. The lowest BCUT2D eigenvalue weighted by Gasteiger charge is -2.15. The Bertz CT molecular complexity index is 537. The van der Waals surface area contributed by atoms with Crippen LogP contribution in [0.3, 0.4) is 0 Å². The SMILES string of the molecule is CC(C)COC(=O)Nc1cccc(N=C(N)N2CCCC2)c1. The van der Waals surface area contributed by atoms with Gasteiger partial charge in [0.1, 0.15) is 0 Å². The highest BCUT2D eigenvalue weighted by Crippen LogP contribution is 2.19. The van der Waals surface area contributed by atoms with Crippen LogP contribution in [-0.2, 0) is 4.74 Å². The zero-order valence-corrected chi connectivity index (χ0v) is 13.2. The lowest BCUT2D eigenvalue weighted by atomic mass is 10.2. The number of guanidine groups is 1. The molecule has 0 unspecified atom stereocenters. The number of nitrogens with zero attached hydrogens (tertiary/aromatic N) is 2. The van der Waals surface area contributed by atoms with Crippen molar-refractivity contribution in [3.8, 4) is 0 Å². The maximum absolute atomic E-state index is 11.7. The third-order valence-corrected chi connectivity index (χ3v) is 3.31. The van der Waals surface area contributed by atoms with Crippen molar-refractivity contribution < 1.29 is 9.53 Å². The molecular weight excluding hydrogens is 280 g/mol. The van der Waals surface area contributed by atoms with Crippen molar-refractivity contribution in [2.45, 2.75) is 26.7 Å². The molecule has 0 aliphatic carbocycles. The highest BCUT2D eigenvalue weighted by Gasteiger charge is 2.13. The van der Waals surface area contributed by atoms with E-state index in [-0.39, 0.29) is 0 Å². The second-order valence-corrected chi connectivity index (χ2v) is 5.83. The average molecular weight is 304 g/mol. The molecule has 1 saturated heterocycles. The molecule has 0 atom stereocenters. The summed E-state index contributed by atoms with van der Waals surface area (Å²) < 4.78 is 5.09. The maximum atomic E-state index is 11.7. The van der Waals surface area contributed by atoms with Gasteiger partial charge in [0.05, 0.1) is 12.3 Å². The van der Waals surface area contributed by atoms with Crippen LogP contribution < -0.4 is 11.1 Å². The molecule has 1 aliphatic heterocycles. The van der Waals surface area contributed by atoms with E-state index in [1.54, 1.807) is 12.1 Å². The third kappa shape index (κ3) is 4.95. The van der Waals surface area contributed by atoms with Crippen LogP contribution in [0, 0.1) is 5.92 Å². The van der Waals surface area contributed by atoms with Gasteiger partial charge in [-0.05, 0) is 37.0 Å². The molecule has 0 spiro atoms. The second-order valence-electron chi connectivity index (χ2n) is 5.83. The number of rotatable bonds is 4. The largest absolute Gasteiger partial charge is 0.449 e. The van der Waals surface area contributed by atoms with Gasteiger partial charge < -0.3 is 15.4 Å². The van der Waals surface area contributed by atoms with E-state index < -0.39 is 6.09 Å². The Morgan fingerprint density at radius 2 is 2.14 bits per heavy atom. The summed E-state index contributed by atoms with van der Waals surface area (Å²) in [5.74, 6) is 0.832. The second kappa shape index (κ2) is 7.68. The highest BCUT2D eigenvalue weighted by molar-refractivity contribution is 5.86. The number of likely N-dealkylation sites (tertiary alicyclic amines) is 1. The molecule has 1 heterocycles. The Balaban J connectivity index is 1.97. The van der Waals surface area contributed by atoms with E-state index in [4.69, 9.17) is 10.5 Å². The zero-order valence-electron chi connectivity index (χ0n) is 13.2. The Morgan fingerprint density at radius 1 is 1.41 bits per heavy atom. The predicted octanol–water partition coefficient (Wildman–Crippen LogP) is 2.93. The molecule has 2 rings (SSSR count). The Morgan fingerprint density at radius 3 is 2.82 bits per heavy atom. The monoisotopic (exact) mass is 304 g/mol. The van der Waals surface area contributed by atoms with Crippen molar-refractivity contribution in [3.63, 3.8) is 0 Å². The van der Waals surface area contributed by atoms with Crippen molar-refractivity contribution in [2.24, 2.45) is 16.6 Å². The van der Waals surface area contributed by atoms with Gasteiger partial charge in [0.15, 0.2) is 5.96 Å². The fraction of sp³-hybridized carbons (Fsp3) is 0.500. The molecule has 0 radical (unpaired) electrons. The third-order valence-electron chi connectivity index (χ3n) is 3.31. The lowest BCUT2D eigenvalue weighted by Crippen LogP contribution is -2.34. The Kier molecular flexibility index (Phi) is 5.63. The van der Waals surface area contributed by atoms with E-state index in [1.807, 2.05) is 26.0 Å². The number of nitrogens with two attached hydrogens (primary N) is 1. The quantitative estimate of drug-likeness (QED) is 0.662. The van der Waals surface area contributed by atoms with Gasteiger partial charge in [0, 0.05) is 18.8 Å². The van der Waals surface area contributed by atoms with Gasteiger partial charge >= 0.3 is 6.09 Å². The first-order chi connectivity index (χ1) is 10.5. The minimum atomic E-state index is -0.456. The molecule has 1 fully saturated rings. The number of ether oxygens (including phenoxy) is 1. The molecule has 1 amide bonds. The first kappa shape index (κ1) is 16.1. The number of carbonyl (C=O) groups is 1. The Labute approximate surface area is 131 Å². The first-order valence-corrected chi connectivity index (χ1v) is 7.67. The number of anilines is 1. The molecule has 0 bridgehead atoms. The minimum absolute atomic E-state index is 0.307. The van der Waals surface area contributed by atoms with Crippen molar-refractivity contribution in [1.82, 2.24) is 4.90 Å². The van der Waals surface area contributed by atoms with Gasteiger partial charge in [0.25, 0.3) is 0 Å². The fourth-order valence-corrected chi connectivity index (χ4v) is 2.20. The number of benzene rings is 1. The molecule has 0 aromatic heterocycles. The highest BCUT2D eigenvalue weighted by atomic mass is 16.5. The number of carbonyl (C=O) groups excluding carboxylic acids is 1. The molecular formula is C16H24N4O2. The first-order valence-electron chi connectivity index (χ1n) is 7.67. The smallest absolute Gasteiger partial charge is 0.411 e. The molecule has 1 aromatic carbocycles. The van der Waals surface area contributed by atoms with Crippen molar-refractivity contribution in [3.05, 3.63) is 24.3 Å². The van der Waals surface area contributed by atoms with E-state index in [0.29, 0.717) is 29.9 Å². The lowest BCUT2D eigenvalue weighted by molar-refractivity contribution is 0.147. The van der Waals surface area contributed by atoms with Crippen LogP contribution in [0.25, 0.3) is 0 Å². The van der Waals surface area contributed by atoms with Gasteiger partial charge in [-0.15, -0.1) is 0 Å². The average Bonchev–Trinajstić information content (AvgIpc) is 3.00. The van der Waals surface area contributed by atoms with Crippen molar-refractivity contribution in [1.29, 1.82) is 0 Å². The van der Waals surface area contributed by atoms with Crippen LogP contribution >= 0.6 is 0 Å². The van der Waals surface area contributed by atoms with Gasteiger partial charge in [-0.2, -0.15) is 0 Å². The molecule has 1 aromatic rings. The van der Waals surface area contributed by atoms with E-state index in [2.05, 4.69) is 15.2 Å². The van der Waals surface area contributed by atoms with E-state index in [9.17, 15) is 4.79 Å².